The number of hydrogen-bond acceptors (Lipinski definition) is 5. The van der Waals surface area contributed by atoms with E-state index in [1.807, 2.05) is 6.07 Å². The molecule has 0 bridgehead atoms. The minimum atomic E-state index is -0.490. The number of nitro benzene ring substituents is 1. The number of benzene rings is 1. The third-order valence-corrected chi connectivity index (χ3v) is 3.12. The van der Waals surface area contributed by atoms with Crippen LogP contribution in [-0.4, -0.2) is 18.0 Å². The van der Waals surface area contributed by atoms with Crippen molar-refractivity contribution in [2.24, 2.45) is 17.6 Å². The van der Waals surface area contributed by atoms with Crippen molar-refractivity contribution in [3.8, 4) is 6.07 Å². The highest BCUT2D eigenvalue weighted by molar-refractivity contribution is 5.64. The summed E-state index contributed by atoms with van der Waals surface area (Å²) in [5.74, 6) is 0.644. The van der Waals surface area contributed by atoms with Crippen LogP contribution in [-0.2, 0) is 0 Å². The summed E-state index contributed by atoms with van der Waals surface area (Å²) in [7, 11) is 0. The van der Waals surface area contributed by atoms with Gasteiger partial charge in [-0.15, -0.1) is 0 Å². The lowest BCUT2D eigenvalue weighted by atomic mass is 9.96. The number of nitriles is 1. The van der Waals surface area contributed by atoms with Crippen LogP contribution in [0.3, 0.4) is 0 Å². The lowest BCUT2D eigenvalue weighted by Gasteiger charge is -2.19. The molecular formula is C13H18N4O2. The van der Waals surface area contributed by atoms with Gasteiger partial charge in [0.15, 0.2) is 0 Å². The molecule has 1 atom stereocenters. The lowest BCUT2D eigenvalue weighted by molar-refractivity contribution is -0.384. The first-order valence-corrected chi connectivity index (χ1v) is 6.12. The highest BCUT2D eigenvalue weighted by Crippen LogP contribution is 2.26. The molecule has 0 fully saturated rings. The first-order chi connectivity index (χ1) is 8.99. The molecule has 0 aliphatic heterocycles. The molecule has 0 saturated heterocycles. The summed E-state index contributed by atoms with van der Waals surface area (Å²) >= 11 is 0. The van der Waals surface area contributed by atoms with Crippen LogP contribution < -0.4 is 11.1 Å². The number of anilines is 1. The molecule has 0 heterocycles. The molecule has 1 rings (SSSR count). The predicted molar refractivity (Wildman–Crippen MR) is 73.7 cm³/mol. The molecule has 0 spiro atoms. The molecule has 0 radical (unpaired) electrons. The molecule has 1 unspecified atom stereocenters. The summed E-state index contributed by atoms with van der Waals surface area (Å²) in [5.41, 5.74) is 6.27. The van der Waals surface area contributed by atoms with Crippen molar-refractivity contribution < 1.29 is 4.92 Å². The molecule has 0 aromatic heterocycles. The zero-order valence-electron chi connectivity index (χ0n) is 11.1. The van der Waals surface area contributed by atoms with E-state index < -0.39 is 4.92 Å². The molecule has 6 nitrogen and oxygen atoms in total. The zero-order valence-corrected chi connectivity index (χ0v) is 11.1. The minimum absolute atomic E-state index is 0.0847. The van der Waals surface area contributed by atoms with Crippen LogP contribution in [0.2, 0.25) is 0 Å². The highest BCUT2D eigenvalue weighted by Gasteiger charge is 2.17. The largest absolute Gasteiger partial charge is 0.379 e. The highest BCUT2D eigenvalue weighted by atomic mass is 16.6. The molecule has 3 N–H and O–H groups in total. The standard InChI is InChI=1S/C13H18N4O2/c1-9(2)11(7-15)8-16-12-4-3-10(6-14)5-13(12)17(18)19/h3-5,9,11,16H,7-8,15H2,1-2H3. The molecule has 0 saturated carbocycles. The van der Waals surface area contributed by atoms with Gasteiger partial charge in [-0.3, -0.25) is 10.1 Å². The van der Waals surface area contributed by atoms with E-state index in [0.29, 0.717) is 24.7 Å². The van der Waals surface area contributed by atoms with Crippen molar-refractivity contribution in [1.29, 1.82) is 5.26 Å². The third kappa shape index (κ3) is 3.93. The van der Waals surface area contributed by atoms with E-state index in [0.717, 1.165) is 0 Å². The van der Waals surface area contributed by atoms with E-state index in [9.17, 15) is 10.1 Å². The van der Waals surface area contributed by atoms with Gasteiger partial charge in [0, 0.05) is 12.6 Å². The summed E-state index contributed by atoms with van der Waals surface area (Å²) in [6.45, 7) is 5.22. The minimum Gasteiger partial charge on any atom is -0.379 e. The number of nitrogens with two attached hydrogens (primary N) is 1. The van der Waals surface area contributed by atoms with E-state index in [2.05, 4.69) is 19.2 Å². The second-order valence-corrected chi connectivity index (χ2v) is 4.72. The van der Waals surface area contributed by atoms with Gasteiger partial charge in [-0.1, -0.05) is 13.8 Å². The molecular weight excluding hydrogens is 244 g/mol. The zero-order chi connectivity index (χ0) is 14.4. The Morgan fingerprint density at radius 3 is 2.68 bits per heavy atom. The number of nitrogens with zero attached hydrogens (tertiary/aromatic N) is 2. The second-order valence-electron chi connectivity index (χ2n) is 4.72. The average molecular weight is 262 g/mol. The van der Waals surface area contributed by atoms with Crippen LogP contribution in [0.15, 0.2) is 18.2 Å². The van der Waals surface area contributed by atoms with E-state index in [1.54, 1.807) is 12.1 Å². The first kappa shape index (κ1) is 14.9. The van der Waals surface area contributed by atoms with Crippen LogP contribution in [0, 0.1) is 33.3 Å². The normalized spacial score (nSPS) is 11.9. The van der Waals surface area contributed by atoms with Crippen molar-refractivity contribution in [2.45, 2.75) is 13.8 Å². The Balaban J connectivity index is 2.89. The van der Waals surface area contributed by atoms with Crippen LogP contribution in [0.1, 0.15) is 19.4 Å². The van der Waals surface area contributed by atoms with E-state index >= 15 is 0 Å². The fraction of sp³-hybridized carbons (Fsp3) is 0.462. The summed E-state index contributed by atoms with van der Waals surface area (Å²) < 4.78 is 0. The van der Waals surface area contributed by atoms with Crippen LogP contribution in [0.4, 0.5) is 11.4 Å². The second kappa shape index (κ2) is 6.71. The van der Waals surface area contributed by atoms with Gasteiger partial charge in [0.2, 0.25) is 0 Å². The van der Waals surface area contributed by atoms with Crippen LogP contribution >= 0.6 is 0 Å². The van der Waals surface area contributed by atoms with E-state index in [-0.39, 0.29) is 17.2 Å². The topological polar surface area (TPSA) is 105 Å². The van der Waals surface area contributed by atoms with Gasteiger partial charge < -0.3 is 11.1 Å². The fourth-order valence-corrected chi connectivity index (χ4v) is 1.73. The smallest absolute Gasteiger partial charge is 0.293 e. The molecule has 1 aromatic carbocycles. The Kier molecular flexibility index (Phi) is 5.27. The Morgan fingerprint density at radius 2 is 2.21 bits per heavy atom. The van der Waals surface area contributed by atoms with Crippen molar-refractivity contribution in [3.05, 3.63) is 33.9 Å². The van der Waals surface area contributed by atoms with Gasteiger partial charge in [0.1, 0.15) is 5.69 Å². The number of hydrogen-bond donors (Lipinski definition) is 2. The van der Waals surface area contributed by atoms with Gasteiger partial charge in [0.05, 0.1) is 16.6 Å². The van der Waals surface area contributed by atoms with E-state index in [4.69, 9.17) is 11.0 Å². The fourth-order valence-electron chi connectivity index (χ4n) is 1.73. The van der Waals surface area contributed by atoms with Gasteiger partial charge in [-0.25, -0.2) is 0 Å². The maximum absolute atomic E-state index is 11.0. The van der Waals surface area contributed by atoms with Crippen molar-refractivity contribution in [1.82, 2.24) is 0 Å². The van der Waals surface area contributed by atoms with Gasteiger partial charge in [-0.2, -0.15) is 5.26 Å². The monoisotopic (exact) mass is 262 g/mol. The Labute approximate surface area is 112 Å². The Morgan fingerprint density at radius 1 is 1.53 bits per heavy atom. The van der Waals surface area contributed by atoms with Crippen molar-refractivity contribution in [2.75, 3.05) is 18.4 Å². The summed E-state index contributed by atoms with van der Waals surface area (Å²) in [4.78, 5) is 10.5. The Hall–Kier alpha value is -2.13. The number of rotatable bonds is 6. The number of nitro groups is 1. The van der Waals surface area contributed by atoms with Gasteiger partial charge >= 0.3 is 0 Å². The van der Waals surface area contributed by atoms with Crippen LogP contribution in [0.5, 0.6) is 0 Å². The summed E-state index contributed by atoms with van der Waals surface area (Å²) in [5, 5.41) is 22.8. The van der Waals surface area contributed by atoms with Crippen molar-refractivity contribution in [3.63, 3.8) is 0 Å². The maximum atomic E-state index is 11.0. The molecule has 0 amide bonds. The van der Waals surface area contributed by atoms with E-state index in [1.165, 1.54) is 6.07 Å². The summed E-state index contributed by atoms with van der Waals surface area (Å²) in [6, 6.07) is 6.28. The molecule has 0 aliphatic rings. The molecule has 102 valence electrons. The van der Waals surface area contributed by atoms with Gasteiger partial charge in [-0.05, 0) is 30.5 Å². The SMILES string of the molecule is CC(C)C(CN)CNc1ccc(C#N)cc1[N+](=O)[O-]. The predicted octanol–water partition coefficient (Wildman–Crippen LogP) is 2.11. The quantitative estimate of drug-likeness (QED) is 0.603. The number of nitrogens with one attached hydrogen (secondary N) is 1. The Bertz CT molecular complexity index is 494. The summed E-state index contributed by atoms with van der Waals surface area (Å²) in [6.07, 6.45) is 0. The third-order valence-electron chi connectivity index (χ3n) is 3.12. The molecule has 6 heteroatoms. The molecule has 19 heavy (non-hydrogen) atoms. The first-order valence-electron chi connectivity index (χ1n) is 6.12. The molecule has 0 aliphatic carbocycles. The molecule has 1 aromatic rings. The maximum Gasteiger partial charge on any atom is 0.293 e. The average Bonchev–Trinajstić information content (AvgIpc) is 2.38. The van der Waals surface area contributed by atoms with Crippen LogP contribution in [0.25, 0.3) is 0 Å². The van der Waals surface area contributed by atoms with Gasteiger partial charge in [0.25, 0.3) is 5.69 Å². The lowest BCUT2D eigenvalue weighted by Crippen LogP contribution is -2.27. The van der Waals surface area contributed by atoms with Crippen molar-refractivity contribution >= 4 is 11.4 Å².